The summed E-state index contributed by atoms with van der Waals surface area (Å²) < 4.78 is 13.1. The number of nitrogens with one attached hydrogen (secondary N) is 1. The zero-order valence-electron chi connectivity index (χ0n) is 18.8. The van der Waals surface area contributed by atoms with Gasteiger partial charge >= 0.3 is 0 Å². The number of carbonyl (C=O) groups is 2. The molecule has 1 atom stereocenters. The monoisotopic (exact) mass is 456 g/mol. The summed E-state index contributed by atoms with van der Waals surface area (Å²) in [5.74, 6) is 0.593. The smallest absolute Gasteiger partial charge is 0.243 e. The number of carbonyl (C=O) groups excluding carboxylic acids is 2. The molecule has 0 saturated heterocycles. The Bertz CT molecular complexity index is 854. The normalized spacial score (nSPS) is 14.8. The summed E-state index contributed by atoms with van der Waals surface area (Å²) in [5, 5.41) is 3.18. The van der Waals surface area contributed by atoms with Gasteiger partial charge < -0.3 is 10.2 Å². The van der Waals surface area contributed by atoms with Crippen molar-refractivity contribution in [3.8, 4) is 0 Å². The average molecular weight is 457 g/mol. The minimum absolute atomic E-state index is 0.0264. The van der Waals surface area contributed by atoms with Gasteiger partial charge in [-0.15, -0.1) is 11.8 Å². The minimum Gasteiger partial charge on any atom is -0.352 e. The fourth-order valence-electron chi connectivity index (χ4n) is 4.18. The maximum atomic E-state index is 13.2. The average Bonchev–Trinajstić information content (AvgIpc) is 3.31. The fourth-order valence-corrected chi connectivity index (χ4v) is 5.05. The lowest BCUT2D eigenvalue weighted by atomic mass is 10.1. The highest BCUT2D eigenvalue weighted by atomic mass is 32.2. The summed E-state index contributed by atoms with van der Waals surface area (Å²) in [6.45, 7) is 2.48. The molecule has 1 N–H and O–H groups in total. The molecule has 1 saturated carbocycles. The van der Waals surface area contributed by atoms with Crippen LogP contribution in [-0.4, -0.2) is 41.1 Å². The molecule has 1 fully saturated rings. The Labute approximate surface area is 195 Å². The Hall–Kier alpha value is -2.34. The molecule has 6 heteroatoms. The van der Waals surface area contributed by atoms with Crippen LogP contribution in [0.1, 0.15) is 50.2 Å². The Morgan fingerprint density at radius 3 is 2.41 bits per heavy atom. The molecule has 0 bridgehead atoms. The summed E-state index contributed by atoms with van der Waals surface area (Å²) in [7, 11) is 0. The van der Waals surface area contributed by atoms with E-state index in [0.29, 0.717) is 30.9 Å². The molecule has 1 aliphatic rings. The van der Waals surface area contributed by atoms with Crippen LogP contribution in [0, 0.1) is 5.82 Å². The first-order chi connectivity index (χ1) is 15.6. The van der Waals surface area contributed by atoms with Crippen molar-refractivity contribution in [3.63, 3.8) is 0 Å². The second kappa shape index (κ2) is 12.6. The van der Waals surface area contributed by atoms with Gasteiger partial charge in [-0.1, -0.05) is 62.2 Å². The molecule has 4 nitrogen and oxygen atoms in total. The van der Waals surface area contributed by atoms with Crippen LogP contribution in [0.4, 0.5) is 4.39 Å². The van der Waals surface area contributed by atoms with Gasteiger partial charge in [0.05, 0.1) is 5.75 Å². The predicted molar refractivity (Wildman–Crippen MR) is 129 cm³/mol. The molecule has 0 radical (unpaired) electrons. The van der Waals surface area contributed by atoms with E-state index in [1.807, 2.05) is 37.3 Å². The Balaban J connectivity index is 1.63. The van der Waals surface area contributed by atoms with Gasteiger partial charge in [0, 0.05) is 18.3 Å². The lowest BCUT2D eigenvalue weighted by molar-refractivity contribution is -0.139. The van der Waals surface area contributed by atoms with Gasteiger partial charge in [0.2, 0.25) is 11.8 Å². The maximum absolute atomic E-state index is 13.2. The second-order valence-corrected chi connectivity index (χ2v) is 9.34. The number of rotatable bonds is 11. The molecule has 0 spiro atoms. The topological polar surface area (TPSA) is 49.4 Å². The molecule has 2 aromatic carbocycles. The van der Waals surface area contributed by atoms with Gasteiger partial charge in [0.1, 0.15) is 11.9 Å². The van der Waals surface area contributed by atoms with Gasteiger partial charge in [-0.3, -0.25) is 9.59 Å². The van der Waals surface area contributed by atoms with Crippen LogP contribution in [0.3, 0.4) is 0 Å². The molecule has 32 heavy (non-hydrogen) atoms. The number of halogens is 1. The van der Waals surface area contributed by atoms with Gasteiger partial charge in [0.15, 0.2) is 0 Å². The van der Waals surface area contributed by atoms with Crippen molar-refractivity contribution in [3.05, 3.63) is 71.5 Å². The summed E-state index contributed by atoms with van der Waals surface area (Å²) >= 11 is 1.50. The molecule has 2 amide bonds. The highest BCUT2D eigenvalue weighted by Gasteiger charge is 2.30. The summed E-state index contributed by atoms with van der Waals surface area (Å²) in [6, 6.07) is 16.2. The molecule has 1 unspecified atom stereocenters. The quantitative estimate of drug-likeness (QED) is 0.520. The third kappa shape index (κ3) is 7.37. The third-order valence-electron chi connectivity index (χ3n) is 5.98. The lowest BCUT2D eigenvalue weighted by Crippen LogP contribution is -2.52. The molecule has 1 aliphatic carbocycles. The van der Waals surface area contributed by atoms with Crippen LogP contribution in [-0.2, 0) is 21.8 Å². The number of benzene rings is 2. The Morgan fingerprint density at radius 2 is 1.75 bits per heavy atom. The van der Waals surface area contributed by atoms with Crippen molar-refractivity contribution in [2.45, 2.75) is 63.3 Å². The zero-order valence-corrected chi connectivity index (χ0v) is 19.6. The molecule has 172 valence electrons. The zero-order chi connectivity index (χ0) is 22.8. The lowest BCUT2D eigenvalue weighted by Gasteiger charge is -2.31. The van der Waals surface area contributed by atoms with Gasteiger partial charge in [-0.2, -0.15) is 0 Å². The van der Waals surface area contributed by atoms with Crippen LogP contribution in [0.2, 0.25) is 0 Å². The number of nitrogens with zero attached hydrogens (tertiary/aromatic N) is 1. The number of hydrogen-bond donors (Lipinski definition) is 1. The van der Waals surface area contributed by atoms with Crippen molar-refractivity contribution in [2.75, 3.05) is 12.3 Å². The SMILES string of the molecule is CCC(C(=O)NC1CCCC1)N(CCc1ccccc1)C(=O)CSCc1ccc(F)cc1. The van der Waals surface area contributed by atoms with Crippen molar-refractivity contribution in [2.24, 2.45) is 0 Å². The second-order valence-electron chi connectivity index (χ2n) is 8.36. The molecular formula is C26H33FN2O2S. The van der Waals surface area contributed by atoms with E-state index >= 15 is 0 Å². The van der Waals surface area contributed by atoms with Crippen molar-refractivity contribution in [1.82, 2.24) is 10.2 Å². The van der Waals surface area contributed by atoms with Crippen LogP contribution >= 0.6 is 11.8 Å². The van der Waals surface area contributed by atoms with Crippen molar-refractivity contribution < 1.29 is 14.0 Å². The molecule has 0 aliphatic heterocycles. The van der Waals surface area contributed by atoms with Gasteiger partial charge in [-0.25, -0.2) is 4.39 Å². The fraction of sp³-hybridized carbons (Fsp3) is 0.462. The summed E-state index contributed by atoms with van der Waals surface area (Å²) in [5.41, 5.74) is 2.13. The van der Waals surface area contributed by atoms with Gasteiger partial charge in [0.25, 0.3) is 0 Å². The van der Waals surface area contributed by atoms with Crippen LogP contribution < -0.4 is 5.32 Å². The predicted octanol–water partition coefficient (Wildman–Crippen LogP) is 4.97. The largest absolute Gasteiger partial charge is 0.352 e. The van der Waals surface area contributed by atoms with Crippen molar-refractivity contribution in [1.29, 1.82) is 0 Å². The first-order valence-electron chi connectivity index (χ1n) is 11.5. The maximum Gasteiger partial charge on any atom is 0.243 e. The van der Waals surface area contributed by atoms with E-state index < -0.39 is 6.04 Å². The molecule has 0 aromatic heterocycles. The number of amides is 2. The molecule has 3 rings (SSSR count). The number of hydrogen-bond acceptors (Lipinski definition) is 3. The van der Waals surface area contributed by atoms with Crippen LogP contribution in [0.5, 0.6) is 0 Å². The molecular weight excluding hydrogens is 423 g/mol. The first kappa shape index (κ1) is 24.3. The van der Waals surface area contributed by atoms with E-state index in [-0.39, 0.29) is 23.7 Å². The van der Waals surface area contributed by atoms with E-state index in [1.54, 1.807) is 17.0 Å². The third-order valence-corrected chi connectivity index (χ3v) is 6.97. The Kier molecular flexibility index (Phi) is 9.60. The Morgan fingerprint density at radius 1 is 1.06 bits per heavy atom. The van der Waals surface area contributed by atoms with Crippen LogP contribution in [0.15, 0.2) is 54.6 Å². The van der Waals surface area contributed by atoms with Crippen molar-refractivity contribution >= 4 is 23.6 Å². The summed E-state index contributed by atoms with van der Waals surface area (Å²) in [4.78, 5) is 28.0. The molecule has 0 heterocycles. The van der Waals surface area contributed by atoms with E-state index in [9.17, 15) is 14.0 Å². The van der Waals surface area contributed by atoms with Crippen LogP contribution in [0.25, 0.3) is 0 Å². The standard InChI is InChI=1S/C26H33FN2O2S/c1-2-24(26(31)28-23-10-6-7-11-23)29(17-16-20-8-4-3-5-9-20)25(30)19-32-18-21-12-14-22(27)15-13-21/h3-5,8-9,12-15,23-24H,2,6-7,10-11,16-19H2,1H3,(H,28,31). The molecule has 2 aromatic rings. The first-order valence-corrected chi connectivity index (χ1v) is 12.7. The van der Waals surface area contributed by atoms with E-state index in [0.717, 1.165) is 36.8 Å². The van der Waals surface area contributed by atoms with E-state index in [2.05, 4.69) is 5.32 Å². The highest BCUT2D eigenvalue weighted by Crippen LogP contribution is 2.20. The number of thioether (sulfide) groups is 1. The minimum atomic E-state index is -0.460. The highest BCUT2D eigenvalue weighted by molar-refractivity contribution is 7.99. The van der Waals surface area contributed by atoms with E-state index in [4.69, 9.17) is 0 Å². The summed E-state index contributed by atoms with van der Waals surface area (Å²) in [6.07, 6.45) is 5.64. The van der Waals surface area contributed by atoms with Gasteiger partial charge in [-0.05, 0) is 48.9 Å². The van der Waals surface area contributed by atoms with E-state index in [1.165, 1.54) is 23.9 Å².